The molecule has 1 aliphatic rings. The van der Waals surface area contributed by atoms with Crippen molar-refractivity contribution in [2.24, 2.45) is 11.7 Å². The molecule has 2 N–H and O–H groups in total. The second-order valence-electron chi connectivity index (χ2n) is 5.12. The van der Waals surface area contributed by atoms with Crippen LogP contribution in [0.2, 0.25) is 0 Å². The molecule has 2 atom stereocenters. The van der Waals surface area contributed by atoms with Gasteiger partial charge in [0.1, 0.15) is 0 Å². The van der Waals surface area contributed by atoms with E-state index in [0.717, 1.165) is 27.7 Å². The van der Waals surface area contributed by atoms with Crippen molar-refractivity contribution >= 4 is 28.5 Å². The number of carbonyl (C=O) groups is 1. The van der Waals surface area contributed by atoms with Gasteiger partial charge >= 0.3 is 0 Å². The molecule has 1 heterocycles. The van der Waals surface area contributed by atoms with Gasteiger partial charge in [-0.05, 0) is 53.5 Å². The zero-order valence-corrected chi connectivity index (χ0v) is 13.0. The lowest BCUT2D eigenvalue weighted by atomic mass is 9.94. The Morgan fingerprint density at radius 3 is 2.89 bits per heavy atom. The lowest BCUT2D eigenvalue weighted by molar-refractivity contribution is 0.0671. The molecule has 1 aromatic rings. The molecule has 2 rings (SSSR count). The second kappa shape index (κ2) is 5.57. The van der Waals surface area contributed by atoms with Crippen LogP contribution >= 0.6 is 22.6 Å². The number of rotatable bonds is 1. The number of aryl methyl sites for hydroxylation is 1. The summed E-state index contributed by atoms with van der Waals surface area (Å²) in [5.41, 5.74) is 8.01. The summed E-state index contributed by atoms with van der Waals surface area (Å²) in [6.07, 6.45) is 0.995. The minimum atomic E-state index is 0.102. The van der Waals surface area contributed by atoms with Crippen LogP contribution in [0.3, 0.4) is 0 Å². The predicted octanol–water partition coefficient (Wildman–Crippen LogP) is 2.41. The largest absolute Gasteiger partial charge is 0.337 e. The van der Waals surface area contributed by atoms with E-state index in [0.29, 0.717) is 12.5 Å². The molecule has 3 nitrogen and oxygen atoms in total. The smallest absolute Gasteiger partial charge is 0.254 e. The highest BCUT2D eigenvalue weighted by Gasteiger charge is 2.27. The zero-order valence-electron chi connectivity index (χ0n) is 10.8. The molecule has 2 unspecified atom stereocenters. The van der Waals surface area contributed by atoms with Gasteiger partial charge in [0.15, 0.2) is 0 Å². The van der Waals surface area contributed by atoms with Crippen molar-refractivity contribution in [3.8, 4) is 0 Å². The molecule has 0 radical (unpaired) electrons. The number of halogens is 1. The van der Waals surface area contributed by atoms with Gasteiger partial charge in [-0.25, -0.2) is 0 Å². The van der Waals surface area contributed by atoms with Gasteiger partial charge < -0.3 is 10.6 Å². The summed E-state index contributed by atoms with van der Waals surface area (Å²) < 4.78 is 1.05. The first-order chi connectivity index (χ1) is 8.50. The number of carbonyl (C=O) groups excluding carboxylic acids is 1. The van der Waals surface area contributed by atoms with Crippen LogP contribution in [0.15, 0.2) is 18.2 Å². The average Bonchev–Trinajstić information content (AvgIpc) is 2.35. The first kappa shape index (κ1) is 13.8. The Morgan fingerprint density at radius 2 is 2.22 bits per heavy atom. The molecule has 0 aliphatic carbocycles. The maximum absolute atomic E-state index is 12.5. The van der Waals surface area contributed by atoms with Gasteiger partial charge in [0.05, 0.1) is 5.56 Å². The van der Waals surface area contributed by atoms with Gasteiger partial charge in [0.25, 0.3) is 5.91 Å². The Labute approximate surface area is 122 Å². The molecule has 1 amide bonds. The van der Waals surface area contributed by atoms with Crippen LogP contribution in [0.5, 0.6) is 0 Å². The third-order valence-electron chi connectivity index (χ3n) is 3.73. The van der Waals surface area contributed by atoms with E-state index in [-0.39, 0.29) is 11.9 Å². The summed E-state index contributed by atoms with van der Waals surface area (Å²) in [5, 5.41) is 0. The Morgan fingerprint density at radius 1 is 1.50 bits per heavy atom. The van der Waals surface area contributed by atoms with Crippen LogP contribution in [0.4, 0.5) is 0 Å². The molecule has 1 saturated heterocycles. The zero-order chi connectivity index (χ0) is 13.3. The SMILES string of the molecule is Cc1cccc(C(=O)N2CCC(C)C(N)C2)c1I. The summed E-state index contributed by atoms with van der Waals surface area (Å²) in [4.78, 5) is 14.4. The van der Waals surface area contributed by atoms with Crippen LogP contribution in [-0.4, -0.2) is 29.9 Å². The molecule has 18 heavy (non-hydrogen) atoms. The van der Waals surface area contributed by atoms with Crippen LogP contribution in [0.1, 0.15) is 29.3 Å². The van der Waals surface area contributed by atoms with Crippen molar-refractivity contribution in [3.05, 3.63) is 32.9 Å². The van der Waals surface area contributed by atoms with E-state index >= 15 is 0 Å². The molecule has 0 aromatic heterocycles. The van der Waals surface area contributed by atoms with Crippen molar-refractivity contribution < 1.29 is 4.79 Å². The normalized spacial score (nSPS) is 24.1. The topological polar surface area (TPSA) is 46.3 Å². The van der Waals surface area contributed by atoms with E-state index < -0.39 is 0 Å². The number of hydrogen-bond donors (Lipinski definition) is 1. The van der Waals surface area contributed by atoms with Crippen LogP contribution < -0.4 is 5.73 Å². The fraction of sp³-hybridized carbons (Fsp3) is 0.500. The minimum Gasteiger partial charge on any atom is -0.337 e. The van der Waals surface area contributed by atoms with Gasteiger partial charge in [0, 0.05) is 22.7 Å². The van der Waals surface area contributed by atoms with E-state index in [4.69, 9.17) is 5.73 Å². The van der Waals surface area contributed by atoms with Crippen molar-refractivity contribution in [2.45, 2.75) is 26.3 Å². The molecule has 4 heteroatoms. The molecular weight excluding hydrogens is 339 g/mol. The van der Waals surface area contributed by atoms with Crippen LogP contribution in [0, 0.1) is 16.4 Å². The summed E-state index contributed by atoms with van der Waals surface area (Å²) >= 11 is 2.25. The first-order valence-corrected chi connectivity index (χ1v) is 7.38. The minimum absolute atomic E-state index is 0.102. The molecular formula is C14H19IN2O. The third-order valence-corrected chi connectivity index (χ3v) is 5.16. The first-order valence-electron chi connectivity index (χ1n) is 6.30. The van der Waals surface area contributed by atoms with Gasteiger partial charge in [-0.3, -0.25) is 4.79 Å². The Bertz CT molecular complexity index is 461. The summed E-state index contributed by atoms with van der Waals surface area (Å²) in [6.45, 7) is 5.67. The van der Waals surface area contributed by atoms with E-state index in [1.54, 1.807) is 0 Å². The molecule has 1 aromatic carbocycles. The maximum atomic E-state index is 12.5. The van der Waals surface area contributed by atoms with E-state index in [2.05, 4.69) is 29.5 Å². The van der Waals surface area contributed by atoms with E-state index in [1.165, 1.54) is 0 Å². The van der Waals surface area contributed by atoms with E-state index in [1.807, 2.05) is 30.0 Å². The fourth-order valence-corrected chi connectivity index (χ4v) is 2.86. The number of benzene rings is 1. The summed E-state index contributed by atoms with van der Waals surface area (Å²) in [7, 11) is 0. The fourth-order valence-electron chi connectivity index (χ4n) is 2.27. The Hall–Kier alpha value is -0.620. The molecule has 1 fully saturated rings. The molecule has 1 aliphatic heterocycles. The lowest BCUT2D eigenvalue weighted by Gasteiger charge is -2.35. The second-order valence-corrected chi connectivity index (χ2v) is 6.20. The van der Waals surface area contributed by atoms with Crippen molar-refractivity contribution in [2.75, 3.05) is 13.1 Å². The number of likely N-dealkylation sites (tertiary alicyclic amines) is 1. The van der Waals surface area contributed by atoms with Gasteiger partial charge in [-0.2, -0.15) is 0 Å². The number of nitrogens with zero attached hydrogens (tertiary/aromatic N) is 1. The highest BCUT2D eigenvalue weighted by molar-refractivity contribution is 14.1. The molecule has 0 spiro atoms. The Balaban J connectivity index is 2.19. The van der Waals surface area contributed by atoms with E-state index in [9.17, 15) is 4.79 Å². The average molecular weight is 358 g/mol. The van der Waals surface area contributed by atoms with Crippen molar-refractivity contribution in [1.29, 1.82) is 0 Å². The van der Waals surface area contributed by atoms with Crippen molar-refractivity contribution in [1.82, 2.24) is 4.90 Å². The van der Waals surface area contributed by atoms with Gasteiger partial charge in [-0.1, -0.05) is 19.1 Å². The van der Waals surface area contributed by atoms with Crippen LogP contribution in [0.25, 0.3) is 0 Å². The highest BCUT2D eigenvalue weighted by atomic mass is 127. The standard InChI is InChI=1S/C14H19IN2O/c1-9-6-7-17(8-12(9)16)14(18)11-5-3-4-10(2)13(11)15/h3-5,9,12H,6-8,16H2,1-2H3. The predicted molar refractivity (Wildman–Crippen MR) is 81.6 cm³/mol. The van der Waals surface area contributed by atoms with Gasteiger partial charge in [-0.15, -0.1) is 0 Å². The summed E-state index contributed by atoms with van der Waals surface area (Å²) in [5.74, 6) is 0.621. The number of piperidine rings is 1. The number of hydrogen-bond acceptors (Lipinski definition) is 2. The molecule has 0 bridgehead atoms. The quantitative estimate of drug-likeness (QED) is 0.784. The third kappa shape index (κ3) is 2.69. The molecule has 0 saturated carbocycles. The Kier molecular flexibility index (Phi) is 4.27. The maximum Gasteiger partial charge on any atom is 0.254 e. The van der Waals surface area contributed by atoms with Crippen molar-refractivity contribution in [3.63, 3.8) is 0 Å². The van der Waals surface area contributed by atoms with Crippen LogP contribution in [-0.2, 0) is 0 Å². The van der Waals surface area contributed by atoms with Gasteiger partial charge in [0.2, 0.25) is 0 Å². The monoisotopic (exact) mass is 358 g/mol. The lowest BCUT2D eigenvalue weighted by Crippen LogP contribution is -2.49. The number of nitrogens with two attached hydrogens (primary N) is 1. The summed E-state index contributed by atoms with van der Waals surface area (Å²) in [6, 6.07) is 5.98. The highest BCUT2D eigenvalue weighted by Crippen LogP contribution is 2.22. The molecule has 98 valence electrons. The number of amides is 1.